The standard InChI is InChI=1S/C21H17NO2/c1-22-16-9-5-4-8-14(16)18-19(22)20(23)15-11-10-12-6-2-3-7-13(12)17(15)21(18)24/h4-5,8-11H,2-3,6-7H2,1H3. The third-order valence-corrected chi connectivity index (χ3v) is 5.55. The van der Waals surface area contributed by atoms with Crippen LogP contribution in [0.5, 0.6) is 0 Å². The van der Waals surface area contributed by atoms with Gasteiger partial charge in [-0.1, -0.05) is 24.3 Å². The molecule has 24 heavy (non-hydrogen) atoms. The average molecular weight is 315 g/mol. The third kappa shape index (κ3) is 1.57. The SMILES string of the molecule is Cn1c2c(c3ccccc31)C(=O)c1c(ccc3c1CCCC3)C2=O. The summed E-state index contributed by atoms with van der Waals surface area (Å²) in [5.74, 6) is 0.00169. The number of carbonyl (C=O) groups excluding carboxylic acids is 2. The van der Waals surface area contributed by atoms with E-state index in [1.54, 1.807) is 0 Å². The Kier molecular flexibility index (Phi) is 2.67. The molecule has 3 heteroatoms. The van der Waals surface area contributed by atoms with Crippen LogP contribution in [-0.4, -0.2) is 16.1 Å². The van der Waals surface area contributed by atoms with E-state index in [2.05, 4.69) is 0 Å². The first-order chi connectivity index (χ1) is 11.7. The summed E-state index contributed by atoms with van der Waals surface area (Å²) in [5, 5.41) is 0.882. The molecule has 0 unspecified atom stereocenters. The molecule has 118 valence electrons. The first-order valence-electron chi connectivity index (χ1n) is 8.50. The predicted octanol–water partition coefficient (Wildman–Crippen LogP) is 3.83. The highest BCUT2D eigenvalue weighted by molar-refractivity contribution is 6.32. The lowest BCUT2D eigenvalue weighted by Crippen LogP contribution is -2.25. The summed E-state index contributed by atoms with van der Waals surface area (Å²) < 4.78 is 1.87. The quantitative estimate of drug-likeness (QED) is 0.495. The Bertz CT molecular complexity index is 1060. The van der Waals surface area contributed by atoms with Gasteiger partial charge in [0.1, 0.15) is 5.69 Å². The highest BCUT2D eigenvalue weighted by Crippen LogP contribution is 2.38. The molecule has 3 aromatic rings. The fourth-order valence-corrected chi connectivity index (χ4v) is 4.42. The molecule has 0 spiro atoms. The number of rotatable bonds is 0. The van der Waals surface area contributed by atoms with Crippen LogP contribution in [0.3, 0.4) is 0 Å². The van der Waals surface area contributed by atoms with Gasteiger partial charge in [-0.3, -0.25) is 9.59 Å². The zero-order chi connectivity index (χ0) is 16.4. The van der Waals surface area contributed by atoms with E-state index in [-0.39, 0.29) is 11.6 Å². The van der Waals surface area contributed by atoms with Gasteiger partial charge < -0.3 is 4.57 Å². The number of fused-ring (bicyclic) bond motifs is 6. The number of aromatic nitrogens is 1. The van der Waals surface area contributed by atoms with Crippen molar-refractivity contribution in [1.29, 1.82) is 0 Å². The average Bonchev–Trinajstić information content (AvgIpc) is 2.92. The van der Waals surface area contributed by atoms with E-state index in [1.807, 2.05) is 48.0 Å². The molecular formula is C21H17NO2. The molecule has 0 amide bonds. The molecule has 2 aliphatic carbocycles. The smallest absolute Gasteiger partial charge is 0.210 e. The summed E-state index contributed by atoms with van der Waals surface area (Å²) in [6.07, 6.45) is 4.16. The number of nitrogens with zero attached hydrogens (tertiary/aromatic N) is 1. The first kappa shape index (κ1) is 13.7. The Morgan fingerprint density at radius 3 is 2.54 bits per heavy atom. The van der Waals surface area contributed by atoms with Crippen LogP contribution in [0.15, 0.2) is 36.4 Å². The Morgan fingerprint density at radius 2 is 1.67 bits per heavy atom. The lowest BCUT2D eigenvalue weighted by atomic mass is 9.78. The second-order valence-electron chi connectivity index (χ2n) is 6.79. The number of hydrogen-bond donors (Lipinski definition) is 0. The van der Waals surface area contributed by atoms with Gasteiger partial charge in [-0.05, 0) is 48.9 Å². The summed E-state index contributed by atoms with van der Waals surface area (Å²) in [6, 6.07) is 11.7. The first-order valence-corrected chi connectivity index (χ1v) is 8.50. The monoisotopic (exact) mass is 315 g/mol. The van der Waals surface area contributed by atoms with Gasteiger partial charge in [-0.25, -0.2) is 0 Å². The van der Waals surface area contributed by atoms with Gasteiger partial charge in [0.05, 0.1) is 5.56 Å². The molecular weight excluding hydrogens is 298 g/mol. The summed E-state index contributed by atoms with van der Waals surface area (Å²) in [5.41, 5.74) is 5.65. The van der Waals surface area contributed by atoms with Crippen molar-refractivity contribution in [2.75, 3.05) is 0 Å². The van der Waals surface area contributed by atoms with E-state index < -0.39 is 0 Å². The second kappa shape index (κ2) is 4.67. The van der Waals surface area contributed by atoms with Crippen LogP contribution in [0.25, 0.3) is 10.9 Å². The fourth-order valence-electron chi connectivity index (χ4n) is 4.42. The van der Waals surface area contributed by atoms with Crippen molar-refractivity contribution in [1.82, 2.24) is 4.57 Å². The minimum Gasteiger partial charge on any atom is -0.340 e. The largest absolute Gasteiger partial charge is 0.340 e. The molecule has 0 saturated carbocycles. The third-order valence-electron chi connectivity index (χ3n) is 5.55. The van der Waals surface area contributed by atoms with Crippen LogP contribution in [-0.2, 0) is 19.9 Å². The van der Waals surface area contributed by atoms with Gasteiger partial charge in [-0.2, -0.15) is 0 Å². The number of carbonyl (C=O) groups is 2. The van der Waals surface area contributed by atoms with E-state index in [4.69, 9.17) is 0 Å². The van der Waals surface area contributed by atoms with E-state index in [9.17, 15) is 9.59 Å². The number of benzene rings is 2. The van der Waals surface area contributed by atoms with Crippen molar-refractivity contribution in [3.63, 3.8) is 0 Å². The molecule has 0 bridgehead atoms. The molecule has 0 fully saturated rings. The fraction of sp³-hybridized carbons (Fsp3) is 0.238. The summed E-state index contributed by atoms with van der Waals surface area (Å²) >= 11 is 0. The molecule has 0 atom stereocenters. The highest BCUT2D eigenvalue weighted by atomic mass is 16.1. The number of para-hydroxylation sites is 1. The number of aryl methyl sites for hydroxylation is 2. The van der Waals surface area contributed by atoms with Gasteiger partial charge in [0, 0.05) is 29.1 Å². The molecule has 3 nitrogen and oxygen atoms in total. The molecule has 2 aromatic carbocycles. The summed E-state index contributed by atoms with van der Waals surface area (Å²) in [7, 11) is 1.87. The normalized spacial score (nSPS) is 16.0. The van der Waals surface area contributed by atoms with Crippen LogP contribution >= 0.6 is 0 Å². The van der Waals surface area contributed by atoms with E-state index in [0.29, 0.717) is 22.4 Å². The zero-order valence-electron chi connectivity index (χ0n) is 13.6. The molecule has 0 radical (unpaired) electrons. The minimum atomic E-state index is -0.0216. The Morgan fingerprint density at radius 1 is 0.875 bits per heavy atom. The number of hydrogen-bond acceptors (Lipinski definition) is 2. The summed E-state index contributed by atoms with van der Waals surface area (Å²) in [4.78, 5) is 26.5. The lowest BCUT2D eigenvalue weighted by Gasteiger charge is -2.24. The van der Waals surface area contributed by atoms with Gasteiger partial charge in [-0.15, -0.1) is 0 Å². The molecule has 5 rings (SSSR count). The van der Waals surface area contributed by atoms with Crippen molar-refractivity contribution < 1.29 is 9.59 Å². The highest BCUT2D eigenvalue weighted by Gasteiger charge is 2.37. The van der Waals surface area contributed by atoms with E-state index in [1.165, 1.54) is 5.56 Å². The topological polar surface area (TPSA) is 39.1 Å². The van der Waals surface area contributed by atoms with Crippen LogP contribution in [0.1, 0.15) is 55.9 Å². The molecule has 0 aliphatic heterocycles. The maximum Gasteiger partial charge on any atom is 0.210 e. The second-order valence-corrected chi connectivity index (χ2v) is 6.79. The van der Waals surface area contributed by atoms with Crippen LogP contribution in [0.2, 0.25) is 0 Å². The van der Waals surface area contributed by atoms with Gasteiger partial charge in [0.15, 0.2) is 5.78 Å². The van der Waals surface area contributed by atoms with E-state index in [0.717, 1.165) is 42.1 Å². The van der Waals surface area contributed by atoms with Crippen LogP contribution in [0.4, 0.5) is 0 Å². The molecule has 1 heterocycles. The molecule has 0 N–H and O–H groups in total. The predicted molar refractivity (Wildman–Crippen MR) is 92.9 cm³/mol. The van der Waals surface area contributed by atoms with Gasteiger partial charge in [0.25, 0.3) is 0 Å². The van der Waals surface area contributed by atoms with E-state index >= 15 is 0 Å². The van der Waals surface area contributed by atoms with Crippen LogP contribution < -0.4 is 0 Å². The number of ketones is 2. The maximum atomic E-state index is 13.4. The van der Waals surface area contributed by atoms with Crippen molar-refractivity contribution in [2.45, 2.75) is 25.7 Å². The Balaban J connectivity index is 1.88. The molecule has 2 aliphatic rings. The van der Waals surface area contributed by atoms with Gasteiger partial charge >= 0.3 is 0 Å². The van der Waals surface area contributed by atoms with Crippen molar-refractivity contribution in [3.05, 3.63) is 69.9 Å². The summed E-state index contributed by atoms with van der Waals surface area (Å²) in [6.45, 7) is 0. The van der Waals surface area contributed by atoms with Gasteiger partial charge in [0.2, 0.25) is 5.78 Å². The minimum absolute atomic E-state index is 0.0216. The van der Waals surface area contributed by atoms with Crippen LogP contribution in [0, 0.1) is 0 Å². The molecule has 1 aromatic heterocycles. The van der Waals surface area contributed by atoms with Crippen molar-refractivity contribution in [2.24, 2.45) is 7.05 Å². The zero-order valence-corrected chi connectivity index (χ0v) is 13.6. The van der Waals surface area contributed by atoms with Crippen molar-refractivity contribution >= 4 is 22.5 Å². The lowest BCUT2D eigenvalue weighted by molar-refractivity contribution is 0.0974. The Labute approximate surface area is 139 Å². The molecule has 0 saturated heterocycles. The maximum absolute atomic E-state index is 13.4. The Hall–Kier alpha value is -2.68. The van der Waals surface area contributed by atoms with Crippen molar-refractivity contribution in [3.8, 4) is 0 Å².